The van der Waals surface area contributed by atoms with Gasteiger partial charge in [-0.2, -0.15) is 0 Å². The van der Waals surface area contributed by atoms with E-state index in [9.17, 15) is 4.79 Å². The molecule has 3 aliphatic heterocycles. The fourth-order valence-corrected chi connectivity index (χ4v) is 5.09. The molecule has 1 atom stereocenters. The number of rotatable bonds is 2. The molecule has 0 spiro atoms. The Labute approximate surface area is 149 Å². The van der Waals surface area contributed by atoms with Crippen molar-refractivity contribution >= 4 is 11.8 Å². The number of aryl methyl sites for hydroxylation is 2. The molecule has 3 saturated heterocycles. The molecular formula is C20H27N3O2. The number of ether oxygens (including phenoxy) is 1. The van der Waals surface area contributed by atoms with Crippen LogP contribution in [0, 0.1) is 0 Å². The lowest BCUT2D eigenvalue weighted by molar-refractivity contribution is 0.0778. The van der Waals surface area contributed by atoms with Crippen molar-refractivity contribution in [3.63, 3.8) is 0 Å². The molecule has 134 valence electrons. The summed E-state index contributed by atoms with van der Waals surface area (Å²) >= 11 is 0. The highest BCUT2D eigenvalue weighted by atomic mass is 16.6. The monoisotopic (exact) mass is 341 g/mol. The van der Waals surface area contributed by atoms with Crippen molar-refractivity contribution in [2.75, 3.05) is 44.2 Å². The van der Waals surface area contributed by atoms with Crippen molar-refractivity contribution in [1.29, 1.82) is 0 Å². The number of piperidine rings is 1. The number of amides is 1. The van der Waals surface area contributed by atoms with Crippen molar-refractivity contribution in [3.8, 4) is 0 Å². The number of carbonyl (C=O) groups is 1. The van der Waals surface area contributed by atoms with E-state index < -0.39 is 0 Å². The normalized spacial score (nSPS) is 27.4. The molecule has 5 rings (SSSR count). The molecule has 3 fully saturated rings. The maximum Gasteiger partial charge on any atom is 0.410 e. The molecule has 0 N–H and O–H groups in total. The number of cyclic esters (lactones) is 1. The first-order valence-electron chi connectivity index (χ1n) is 9.82. The summed E-state index contributed by atoms with van der Waals surface area (Å²) in [6, 6.07) is 8.03. The Bertz CT molecular complexity index is 669. The van der Waals surface area contributed by atoms with Gasteiger partial charge in [0, 0.05) is 44.5 Å². The first-order valence-corrected chi connectivity index (χ1v) is 9.82. The van der Waals surface area contributed by atoms with Crippen molar-refractivity contribution in [3.05, 3.63) is 29.3 Å². The highest BCUT2D eigenvalue weighted by Gasteiger charge is 2.39. The van der Waals surface area contributed by atoms with Gasteiger partial charge in [-0.1, -0.05) is 6.07 Å². The second-order valence-corrected chi connectivity index (χ2v) is 7.94. The predicted molar refractivity (Wildman–Crippen MR) is 97.1 cm³/mol. The number of piperazine rings is 1. The summed E-state index contributed by atoms with van der Waals surface area (Å²) in [5, 5.41) is 0. The fraction of sp³-hybridized carbons (Fsp3) is 0.650. The lowest BCUT2D eigenvalue weighted by Crippen LogP contribution is -2.56. The molecule has 4 aliphatic rings. The van der Waals surface area contributed by atoms with E-state index in [4.69, 9.17) is 4.74 Å². The average molecular weight is 341 g/mol. The van der Waals surface area contributed by atoms with Crippen LogP contribution < -0.4 is 4.90 Å². The van der Waals surface area contributed by atoms with E-state index in [1.165, 1.54) is 37.8 Å². The van der Waals surface area contributed by atoms with Gasteiger partial charge in [-0.25, -0.2) is 4.79 Å². The summed E-state index contributed by atoms with van der Waals surface area (Å²) in [6.45, 7) is 5.66. The van der Waals surface area contributed by atoms with Gasteiger partial charge in [-0.15, -0.1) is 0 Å². The number of benzene rings is 1. The topological polar surface area (TPSA) is 36.0 Å². The van der Waals surface area contributed by atoms with E-state index in [0.29, 0.717) is 12.6 Å². The predicted octanol–water partition coefficient (Wildman–Crippen LogP) is 2.28. The van der Waals surface area contributed by atoms with E-state index in [1.807, 2.05) is 4.90 Å². The molecule has 3 heterocycles. The number of hydrogen-bond donors (Lipinski definition) is 0. The van der Waals surface area contributed by atoms with Crippen LogP contribution in [0.3, 0.4) is 0 Å². The number of carbonyl (C=O) groups excluding carboxylic acids is 1. The van der Waals surface area contributed by atoms with Gasteiger partial charge >= 0.3 is 6.09 Å². The van der Waals surface area contributed by atoms with Gasteiger partial charge in [0.1, 0.15) is 6.61 Å². The summed E-state index contributed by atoms with van der Waals surface area (Å²) in [6.07, 6.45) is 6.16. The third-order valence-corrected chi connectivity index (χ3v) is 6.58. The SMILES string of the molecule is O=C1OCC2CN(C3CCN(c4ccc5c(c4)CCC5)CC3)CCN12. The Morgan fingerprint density at radius 3 is 2.68 bits per heavy atom. The first-order chi connectivity index (χ1) is 12.3. The molecule has 1 aromatic carbocycles. The lowest BCUT2D eigenvalue weighted by Gasteiger charge is -2.43. The van der Waals surface area contributed by atoms with Gasteiger partial charge in [0.2, 0.25) is 0 Å². The Balaban J connectivity index is 1.20. The van der Waals surface area contributed by atoms with Crippen LogP contribution in [0.1, 0.15) is 30.4 Å². The summed E-state index contributed by atoms with van der Waals surface area (Å²) in [4.78, 5) is 18.7. The minimum absolute atomic E-state index is 0.115. The molecular weight excluding hydrogens is 314 g/mol. The first kappa shape index (κ1) is 15.5. The zero-order valence-electron chi connectivity index (χ0n) is 14.8. The van der Waals surface area contributed by atoms with Gasteiger partial charge in [-0.3, -0.25) is 9.80 Å². The zero-order valence-corrected chi connectivity index (χ0v) is 14.8. The molecule has 1 aromatic rings. The summed E-state index contributed by atoms with van der Waals surface area (Å²) in [5.74, 6) is 0. The standard InChI is InChI=1S/C20H27N3O2/c24-20-23-11-10-22(13-19(23)14-25-20)17-6-8-21(9-7-17)18-5-4-15-2-1-3-16(15)12-18/h4-5,12,17,19H,1-3,6-11,13-14H2. The largest absolute Gasteiger partial charge is 0.447 e. The minimum Gasteiger partial charge on any atom is -0.447 e. The van der Waals surface area contributed by atoms with Crippen LogP contribution in [0.4, 0.5) is 10.5 Å². The van der Waals surface area contributed by atoms with Crippen molar-refractivity contribution in [1.82, 2.24) is 9.80 Å². The van der Waals surface area contributed by atoms with Crippen LogP contribution in [-0.4, -0.2) is 67.3 Å². The molecule has 0 saturated carbocycles. The minimum atomic E-state index is -0.115. The molecule has 0 aromatic heterocycles. The van der Waals surface area contributed by atoms with Gasteiger partial charge in [0.05, 0.1) is 6.04 Å². The number of hydrogen-bond acceptors (Lipinski definition) is 4. The Kier molecular flexibility index (Phi) is 3.85. The van der Waals surface area contributed by atoms with Crippen LogP contribution in [0.5, 0.6) is 0 Å². The second-order valence-electron chi connectivity index (χ2n) is 7.94. The van der Waals surface area contributed by atoms with Crippen molar-refractivity contribution < 1.29 is 9.53 Å². The molecule has 0 bridgehead atoms. The third kappa shape index (κ3) is 2.78. The van der Waals surface area contributed by atoms with Crippen LogP contribution >= 0.6 is 0 Å². The second kappa shape index (κ2) is 6.20. The van der Waals surface area contributed by atoms with E-state index in [-0.39, 0.29) is 12.1 Å². The van der Waals surface area contributed by atoms with Gasteiger partial charge in [0.15, 0.2) is 0 Å². The van der Waals surface area contributed by atoms with E-state index >= 15 is 0 Å². The zero-order chi connectivity index (χ0) is 16.8. The van der Waals surface area contributed by atoms with Crippen LogP contribution in [-0.2, 0) is 17.6 Å². The Morgan fingerprint density at radius 2 is 1.80 bits per heavy atom. The lowest BCUT2D eigenvalue weighted by atomic mass is 9.99. The van der Waals surface area contributed by atoms with E-state index in [0.717, 1.165) is 32.7 Å². The van der Waals surface area contributed by atoms with Crippen molar-refractivity contribution in [2.45, 2.75) is 44.2 Å². The fourth-order valence-electron chi connectivity index (χ4n) is 5.09. The molecule has 0 radical (unpaired) electrons. The van der Waals surface area contributed by atoms with E-state index in [1.54, 1.807) is 11.1 Å². The average Bonchev–Trinajstić information content (AvgIpc) is 3.28. The third-order valence-electron chi connectivity index (χ3n) is 6.58. The Morgan fingerprint density at radius 1 is 0.960 bits per heavy atom. The van der Waals surface area contributed by atoms with Crippen molar-refractivity contribution in [2.24, 2.45) is 0 Å². The quantitative estimate of drug-likeness (QED) is 0.827. The summed E-state index contributed by atoms with van der Waals surface area (Å²) in [5.41, 5.74) is 4.55. The molecule has 1 unspecified atom stereocenters. The highest BCUT2D eigenvalue weighted by Crippen LogP contribution is 2.30. The highest BCUT2D eigenvalue weighted by molar-refractivity contribution is 5.70. The smallest absolute Gasteiger partial charge is 0.410 e. The molecule has 1 aliphatic carbocycles. The van der Waals surface area contributed by atoms with Gasteiger partial charge in [-0.05, 0) is 55.4 Å². The molecule has 5 nitrogen and oxygen atoms in total. The van der Waals surface area contributed by atoms with Crippen LogP contribution in [0.15, 0.2) is 18.2 Å². The van der Waals surface area contributed by atoms with Gasteiger partial charge < -0.3 is 9.64 Å². The Hall–Kier alpha value is -1.75. The van der Waals surface area contributed by atoms with Crippen LogP contribution in [0.2, 0.25) is 0 Å². The number of nitrogens with zero attached hydrogens (tertiary/aromatic N) is 3. The molecule has 1 amide bonds. The van der Waals surface area contributed by atoms with Crippen LogP contribution in [0.25, 0.3) is 0 Å². The molecule has 25 heavy (non-hydrogen) atoms. The van der Waals surface area contributed by atoms with E-state index in [2.05, 4.69) is 28.0 Å². The number of fused-ring (bicyclic) bond motifs is 2. The molecule has 5 heteroatoms. The summed E-state index contributed by atoms with van der Waals surface area (Å²) in [7, 11) is 0. The summed E-state index contributed by atoms with van der Waals surface area (Å²) < 4.78 is 5.20. The maximum absolute atomic E-state index is 11.7. The maximum atomic E-state index is 11.7. The van der Waals surface area contributed by atoms with Gasteiger partial charge in [0.25, 0.3) is 0 Å². The number of anilines is 1.